The molecular formula is C20H25N3OS2. The Hall–Kier alpha value is -1.37. The molecule has 2 aromatic rings. The molecule has 4 heterocycles. The predicted molar refractivity (Wildman–Crippen MR) is 109 cm³/mol. The van der Waals surface area contributed by atoms with Crippen LogP contribution >= 0.6 is 23.1 Å². The first-order chi connectivity index (χ1) is 12.7. The third-order valence-electron chi connectivity index (χ3n) is 5.23. The van der Waals surface area contributed by atoms with Crippen LogP contribution in [0.4, 0.5) is 0 Å². The van der Waals surface area contributed by atoms with Gasteiger partial charge in [-0.05, 0) is 30.0 Å². The Morgan fingerprint density at radius 1 is 1.23 bits per heavy atom. The lowest BCUT2D eigenvalue weighted by Crippen LogP contribution is -2.38. The molecule has 2 aromatic heterocycles. The zero-order valence-electron chi connectivity index (χ0n) is 15.2. The summed E-state index contributed by atoms with van der Waals surface area (Å²) in [5.41, 5.74) is 4.67. The zero-order chi connectivity index (χ0) is 17.9. The molecule has 4 nitrogen and oxygen atoms in total. The highest BCUT2D eigenvalue weighted by Crippen LogP contribution is 2.30. The van der Waals surface area contributed by atoms with E-state index in [2.05, 4.69) is 34.3 Å². The van der Waals surface area contributed by atoms with E-state index < -0.39 is 0 Å². The maximum absolute atomic E-state index is 12.9. The Bertz CT molecular complexity index is 766. The third kappa shape index (κ3) is 3.82. The lowest BCUT2D eigenvalue weighted by Gasteiger charge is -2.29. The number of fused-ring (bicyclic) bond motifs is 1. The fourth-order valence-corrected chi connectivity index (χ4v) is 5.64. The molecule has 26 heavy (non-hydrogen) atoms. The fourth-order valence-electron chi connectivity index (χ4n) is 3.62. The summed E-state index contributed by atoms with van der Waals surface area (Å²) in [4.78, 5) is 23.3. The number of nitrogens with zero attached hydrogens (tertiary/aromatic N) is 3. The second-order valence-electron chi connectivity index (χ2n) is 6.93. The van der Waals surface area contributed by atoms with Gasteiger partial charge in [-0.15, -0.1) is 11.3 Å². The Labute approximate surface area is 163 Å². The average Bonchev–Trinajstić information content (AvgIpc) is 3.12. The Balaban J connectivity index is 1.43. The van der Waals surface area contributed by atoms with Crippen molar-refractivity contribution in [3.05, 3.63) is 51.0 Å². The molecule has 0 atom stereocenters. The van der Waals surface area contributed by atoms with Crippen LogP contribution in [0.3, 0.4) is 0 Å². The first-order valence-electron chi connectivity index (χ1n) is 9.37. The normalized spacial score (nSPS) is 18.0. The van der Waals surface area contributed by atoms with Gasteiger partial charge in [-0.1, -0.05) is 13.0 Å². The van der Waals surface area contributed by atoms with Crippen LogP contribution in [0.25, 0.3) is 0 Å². The topological polar surface area (TPSA) is 36.4 Å². The van der Waals surface area contributed by atoms with Gasteiger partial charge in [0.25, 0.3) is 5.91 Å². The van der Waals surface area contributed by atoms with Crippen LogP contribution in [0, 0.1) is 0 Å². The van der Waals surface area contributed by atoms with Crippen LogP contribution in [-0.2, 0) is 25.9 Å². The first kappa shape index (κ1) is 18.0. The summed E-state index contributed by atoms with van der Waals surface area (Å²) in [6.07, 6.45) is 3.99. The van der Waals surface area contributed by atoms with Crippen molar-refractivity contribution in [3.63, 3.8) is 0 Å². The van der Waals surface area contributed by atoms with Gasteiger partial charge in [0.15, 0.2) is 0 Å². The van der Waals surface area contributed by atoms with Crippen molar-refractivity contribution in [3.8, 4) is 0 Å². The van der Waals surface area contributed by atoms with Gasteiger partial charge in [0.05, 0.1) is 11.3 Å². The molecule has 0 aliphatic carbocycles. The predicted octanol–water partition coefficient (Wildman–Crippen LogP) is 3.45. The maximum Gasteiger partial charge on any atom is 0.255 e. The van der Waals surface area contributed by atoms with Crippen molar-refractivity contribution >= 4 is 29.0 Å². The number of carbonyl (C=O) groups excluding carboxylic acids is 1. The van der Waals surface area contributed by atoms with E-state index in [9.17, 15) is 4.79 Å². The summed E-state index contributed by atoms with van der Waals surface area (Å²) >= 11 is 3.69. The monoisotopic (exact) mass is 387 g/mol. The van der Waals surface area contributed by atoms with Crippen LogP contribution in [0.2, 0.25) is 0 Å². The van der Waals surface area contributed by atoms with E-state index in [-0.39, 0.29) is 5.91 Å². The maximum atomic E-state index is 12.9. The van der Waals surface area contributed by atoms with Crippen molar-refractivity contribution in [1.29, 1.82) is 0 Å². The van der Waals surface area contributed by atoms with E-state index in [1.54, 1.807) is 11.3 Å². The molecule has 0 N–H and O–H groups in total. The molecule has 0 saturated carbocycles. The summed E-state index contributed by atoms with van der Waals surface area (Å²) in [6, 6.07) is 4.32. The zero-order valence-corrected chi connectivity index (χ0v) is 16.9. The first-order valence-corrected chi connectivity index (χ1v) is 11.4. The quantitative estimate of drug-likeness (QED) is 0.805. The van der Waals surface area contributed by atoms with Gasteiger partial charge in [0.2, 0.25) is 0 Å². The molecule has 0 radical (unpaired) electrons. The summed E-state index contributed by atoms with van der Waals surface area (Å²) in [5, 5.41) is 2.09. The van der Waals surface area contributed by atoms with Gasteiger partial charge < -0.3 is 4.90 Å². The van der Waals surface area contributed by atoms with E-state index in [1.807, 2.05) is 22.9 Å². The molecule has 0 bridgehead atoms. The number of carbonyl (C=O) groups is 1. The second-order valence-corrected chi connectivity index (χ2v) is 9.12. The van der Waals surface area contributed by atoms with E-state index >= 15 is 0 Å². The molecule has 138 valence electrons. The van der Waals surface area contributed by atoms with Crippen LogP contribution < -0.4 is 0 Å². The third-order valence-corrected chi connectivity index (χ3v) is 7.19. The van der Waals surface area contributed by atoms with Crippen molar-refractivity contribution < 1.29 is 4.79 Å². The van der Waals surface area contributed by atoms with Gasteiger partial charge in [0, 0.05) is 60.7 Å². The van der Waals surface area contributed by atoms with E-state index in [4.69, 9.17) is 0 Å². The summed E-state index contributed by atoms with van der Waals surface area (Å²) in [7, 11) is 0. The van der Waals surface area contributed by atoms with Gasteiger partial charge >= 0.3 is 0 Å². The highest BCUT2D eigenvalue weighted by Gasteiger charge is 2.27. The lowest BCUT2D eigenvalue weighted by atomic mass is 10.0. The van der Waals surface area contributed by atoms with Crippen molar-refractivity contribution in [2.24, 2.45) is 0 Å². The summed E-state index contributed by atoms with van der Waals surface area (Å²) in [5.74, 6) is 2.37. The highest BCUT2D eigenvalue weighted by atomic mass is 32.2. The average molecular weight is 388 g/mol. The number of aryl methyl sites for hydroxylation is 1. The van der Waals surface area contributed by atoms with Crippen molar-refractivity contribution in [2.45, 2.75) is 32.9 Å². The fraction of sp³-hybridized carbons (Fsp3) is 0.500. The summed E-state index contributed by atoms with van der Waals surface area (Å²) < 4.78 is 0. The number of hydrogen-bond donors (Lipinski definition) is 0. The highest BCUT2D eigenvalue weighted by molar-refractivity contribution is 7.99. The van der Waals surface area contributed by atoms with Gasteiger partial charge in [-0.3, -0.25) is 14.7 Å². The smallest absolute Gasteiger partial charge is 0.255 e. The van der Waals surface area contributed by atoms with Crippen LogP contribution in [0.1, 0.15) is 39.0 Å². The Morgan fingerprint density at radius 2 is 2.08 bits per heavy atom. The molecule has 2 aliphatic heterocycles. The molecule has 0 unspecified atom stereocenters. The van der Waals surface area contributed by atoms with Gasteiger partial charge in [0.1, 0.15) is 0 Å². The van der Waals surface area contributed by atoms with Crippen LogP contribution in [0.5, 0.6) is 0 Å². The van der Waals surface area contributed by atoms with Crippen LogP contribution in [-0.4, -0.2) is 51.8 Å². The van der Waals surface area contributed by atoms with Crippen LogP contribution in [0.15, 0.2) is 23.7 Å². The largest absolute Gasteiger partial charge is 0.337 e. The molecule has 1 saturated heterocycles. The molecular weight excluding hydrogens is 362 g/mol. The van der Waals surface area contributed by atoms with E-state index in [0.717, 1.165) is 68.3 Å². The number of thiophene rings is 1. The number of aromatic nitrogens is 1. The van der Waals surface area contributed by atoms with E-state index in [0.29, 0.717) is 0 Å². The Kier molecular flexibility index (Phi) is 5.62. The minimum absolute atomic E-state index is 0.244. The number of rotatable bonds is 4. The molecule has 4 rings (SSSR count). The molecule has 0 spiro atoms. The standard InChI is InChI=1S/C20H25N3OS2/c1-2-15-3-4-16(21-11-15)12-22-6-5-17-18(14-26-19(17)13-22)20(24)23-7-9-25-10-8-23/h3-4,11,14H,2,5-10,12-13H2,1H3. The molecule has 0 aromatic carbocycles. The van der Waals surface area contributed by atoms with Gasteiger partial charge in [-0.2, -0.15) is 11.8 Å². The number of amides is 1. The van der Waals surface area contributed by atoms with Gasteiger partial charge in [-0.25, -0.2) is 0 Å². The SMILES string of the molecule is CCc1ccc(CN2CCc3c(C(=O)N4CCSCC4)csc3C2)nc1. The van der Waals surface area contributed by atoms with Crippen molar-refractivity contribution in [2.75, 3.05) is 31.1 Å². The second kappa shape index (κ2) is 8.11. The molecule has 6 heteroatoms. The summed E-state index contributed by atoms with van der Waals surface area (Å²) in [6.45, 7) is 6.74. The lowest BCUT2D eigenvalue weighted by molar-refractivity contribution is 0.0771. The Morgan fingerprint density at radius 3 is 2.81 bits per heavy atom. The molecule has 1 amide bonds. The molecule has 2 aliphatic rings. The minimum atomic E-state index is 0.244. The number of hydrogen-bond acceptors (Lipinski definition) is 5. The molecule has 1 fully saturated rings. The number of pyridine rings is 1. The van der Waals surface area contributed by atoms with Crippen molar-refractivity contribution in [1.82, 2.24) is 14.8 Å². The van der Waals surface area contributed by atoms with E-state index in [1.165, 1.54) is 16.0 Å². The number of thioether (sulfide) groups is 1. The minimum Gasteiger partial charge on any atom is -0.337 e.